The van der Waals surface area contributed by atoms with Gasteiger partial charge in [0.2, 0.25) is 0 Å². The van der Waals surface area contributed by atoms with Gasteiger partial charge in [-0.2, -0.15) is 0 Å². The molecule has 0 aromatic rings. The Morgan fingerprint density at radius 3 is 1.92 bits per heavy atom. The van der Waals surface area contributed by atoms with Crippen molar-refractivity contribution in [3.63, 3.8) is 0 Å². The van der Waals surface area contributed by atoms with Gasteiger partial charge in [-0.1, -0.05) is 13.8 Å². The number of hydrogen-bond donors (Lipinski definition) is 0. The molecule has 0 aliphatic heterocycles. The summed E-state index contributed by atoms with van der Waals surface area (Å²) >= 11 is 0. The topological polar surface area (TPSA) is 18.5 Å². The zero-order valence-electron chi connectivity index (χ0n) is 9.89. The molecule has 1 atom stereocenters. The molecular weight excluding hydrogens is 164 g/mol. The van der Waals surface area contributed by atoms with Crippen LogP contribution < -0.4 is 0 Å². The van der Waals surface area contributed by atoms with Crippen LogP contribution in [0.1, 0.15) is 41.5 Å². The smallest absolute Gasteiger partial charge is 0.0787 e. The van der Waals surface area contributed by atoms with Gasteiger partial charge in [0.25, 0.3) is 0 Å². The van der Waals surface area contributed by atoms with Gasteiger partial charge < -0.3 is 9.47 Å². The summed E-state index contributed by atoms with van der Waals surface area (Å²) in [5.41, 5.74) is -0.0688. The predicted octanol–water partition coefficient (Wildman–Crippen LogP) is 2.86. The van der Waals surface area contributed by atoms with Crippen LogP contribution in [0, 0.1) is 5.92 Å². The molecule has 80 valence electrons. The molecule has 2 heteroatoms. The normalized spacial score (nSPS) is 15.0. The van der Waals surface area contributed by atoms with Crippen LogP contribution >= 0.6 is 0 Å². The van der Waals surface area contributed by atoms with Crippen molar-refractivity contribution < 1.29 is 9.47 Å². The molecule has 0 aromatic heterocycles. The highest BCUT2D eigenvalue weighted by atomic mass is 16.5. The highest BCUT2D eigenvalue weighted by Crippen LogP contribution is 2.10. The first-order valence-corrected chi connectivity index (χ1v) is 5.07. The fourth-order valence-electron chi connectivity index (χ4n) is 1.11. The first-order chi connectivity index (χ1) is 5.81. The van der Waals surface area contributed by atoms with Crippen molar-refractivity contribution in [2.75, 3.05) is 13.2 Å². The van der Waals surface area contributed by atoms with E-state index in [0.717, 1.165) is 6.61 Å². The van der Waals surface area contributed by atoms with Gasteiger partial charge in [0.1, 0.15) is 0 Å². The fourth-order valence-corrected chi connectivity index (χ4v) is 1.11. The molecule has 0 aliphatic rings. The molecule has 1 unspecified atom stereocenters. The van der Waals surface area contributed by atoms with Gasteiger partial charge in [-0.05, 0) is 33.6 Å². The third-order valence-corrected chi connectivity index (χ3v) is 1.36. The second-order valence-corrected chi connectivity index (χ2v) is 4.97. The van der Waals surface area contributed by atoms with Crippen LogP contribution in [-0.4, -0.2) is 24.9 Å². The van der Waals surface area contributed by atoms with Crippen molar-refractivity contribution in [3.8, 4) is 0 Å². The zero-order valence-corrected chi connectivity index (χ0v) is 9.89. The third kappa shape index (κ3) is 9.84. The highest BCUT2D eigenvalue weighted by molar-refractivity contribution is 4.62. The van der Waals surface area contributed by atoms with E-state index in [-0.39, 0.29) is 11.7 Å². The lowest BCUT2D eigenvalue weighted by molar-refractivity contribution is -0.0863. The van der Waals surface area contributed by atoms with E-state index >= 15 is 0 Å². The molecule has 0 fully saturated rings. The molecule has 0 heterocycles. The third-order valence-electron chi connectivity index (χ3n) is 1.36. The number of ether oxygens (including phenoxy) is 2. The first kappa shape index (κ1) is 12.9. The van der Waals surface area contributed by atoms with Gasteiger partial charge in [-0.3, -0.25) is 0 Å². The average Bonchev–Trinajstić information content (AvgIpc) is 1.81. The minimum Gasteiger partial charge on any atom is -0.379 e. The lowest BCUT2D eigenvalue weighted by atomic mass is 10.2. The summed E-state index contributed by atoms with van der Waals surface area (Å²) in [6, 6.07) is 0. The van der Waals surface area contributed by atoms with Crippen molar-refractivity contribution in [1.29, 1.82) is 0 Å². The fraction of sp³-hybridized carbons (Fsp3) is 1.00. The quantitative estimate of drug-likeness (QED) is 0.660. The van der Waals surface area contributed by atoms with Gasteiger partial charge >= 0.3 is 0 Å². The Hall–Kier alpha value is -0.0800. The summed E-state index contributed by atoms with van der Waals surface area (Å²) in [5, 5.41) is 0. The van der Waals surface area contributed by atoms with Crippen molar-refractivity contribution in [3.05, 3.63) is 0 Å². The van der Waals surface area contributed by atoms with E-state index in [1.165, 1.54) is 0 Å². The lowest BCUT2D eigenvalue weighted by Gasteiger charge is -2.25. The Balaban J connectivity index is 3.46. The van der Waals surface area contributed by atoms with E-state index in [1.54, 1.807) is 0 Å². The summed E-state index contributed by atoms with van der Waals surface area (Å²) < 4.78 is 11.2. The SMILES string of the molecule is CC(C)COCC(C)OC(C)(C)C. The van der Waals surface area contributed by atoms with E-state index < -0.39 is 0 Å². The lowest BCUT2D eigenvalue weighted by Crippen LogP contribution is -2.28. The molecule has 0 aromatic carbocycles. The number of hydrogen-bond acceptors (Lipinski definition) is 2. The van der Waals surface area contributed by atoms with E-state index in [9.17, 15) is 0 Å². The largest absolute Gasteiger partial charge is 0.379 e. The zero-order chi connectivity index (χ0) is 10.5. The molecule has 0 spiro atoms. The summed E-state index contributed by atoms with van der Waals surface area (Å²) in [7, 11) is 0. The molecular formula is C11H24O2. The molecule has 0 bridgehead atoms. The van der Waals surface area contributed by atoms with Crippen LogP contribution in [0.3, 0.4) is 0 Å². The van der Waals surface area contributed by atoms with E-state index in [0.29, 0.717) is 12.5 Å². The maximum absolute atomic E-state index is 5.69. The van der Waals surface area contributed by atoms with E-state index in [1.807, 2.05) is 6.92 Å². The molecule has 0 N–H and O–H groups in total. The minimum atomic E-state index is -0.0688. The Morgan fingerprint density at radius 1 is 1.00 bits per heavy atom. The van der Waals surface area contributed by atoms with Crippen LogP contribution in [0.5, 0.6) is 0 Å². The molecule has 0 radical (unpaired) electrons. The van der Waals surface area contributed by atoms with Crippen molar-refractivity contribution in [2.45, 2.75) is 53.2 Å². The predicted molar refractivity (Wildman–Crippen MR) is 56.0 cm³/mol. The highest BCUT2D eigenvalue weighted by Gasteiger charge is 2.14. The van der Waals surface area contributed by atoms with Crippen LogP contribution in [-0.2, 0) is 9.47 Å². The van der Waals surface area contributed by atoms with Crippen molar-refractivity contribution >= 4 is 0 Å². The Kier molecular flexibility index (Phi) is 5.57. The minimum absolute atomic E-state index is 0.0688. The van der Waals surface area contributed by atoms with E-state index in [2.05, 4.69) is 34.6 Å². The summed E-state index contributed by atoms with van der Waals surface area (Å²) in [6.45, 7) is 14.0. The van der Waals surface area contributed by atoms with Crippen molar-refractivity contribution in [1.82, 2.24) is 0 Å². The molecule has 0 rings (SSSR count). The average molecular weight is 188 g/mol. The Bertz CT molecular complexity index is 125. The standard InChI is InChI=1S/C11H24O2/c1-9(2)7-12-8-10(3)13-11(4,5)6/h9-10H,7-8H2,1-6H3. The van der Waals surface area contributed by atoms with Crippen LogP contribution in [0.25, 0.3) is 0 Å². The van der Waals surface area contributed by atoms with Crippen LogP contribution in [0.2, 0.25) is 0 Å². The Labute approximate surface area is 82.6 Å². The van der Waals surface area contributed by atoms with Crippen LogP contribution in [0.15, 0.2) is 0 Å². The van der Waals surface area contributed by atoms with Gasteiger partial charge in [0, 0.05) is 6.61 Å². The molecule has 13 heavy (non-hydrogen) atoms. The maximum atomic E-state index is 5.69. The first-order valence-electron chi connectivity index (χ1n) is 5.07. The molecule has 2 nitrogen and oxygen atoms in total. The second-order valence-electron chi connectivity index (χ2n) is 4.97. The maximum Gasteiger partial charge on any atom is 0.0787 e. The summed E-state index contributed by atoms with van der Waals surface area (Å²) in [5.74, 6) is 0.599. The van der Waals surface area contributed by atoms with Crippen molar-refractivity contribution in [2.24, 2.45) is 5.92 Å². The van der Waals surface area contributed by atoms with Gasteiger partial charge in [-0.25, -0.2) is 0 Å². The summed E-state index contributed by atoms with van der Waals surface area (Å²) in [4.78, 5) is 0. The Morgan fingerprint density at radius 2 is 1.54 bits per heavy atom. The van der Waals surface area contributed by atoms with Gasteiger partial charge in [0.15, 0.2) is 0 Å². The molecule has 0 aliphatic carbocycles. The van der Waals surface area contributed by atoms with Gasteiger partial charge in [0.05, 0.1) is 18.3 Å². The monoisotopic (exact) mass is 188 g/mol. The van der Waals surface area contributed by atoms with Crippen LogP contribution in [0.4, 0.5) is 0 Å². The molecule has 0 amide bonds. The van der Waals surface area contributed by atoms with Gasteiger partial charge in [-0.15, -0.1) is 0 Å². The summed E-state index contributed by atoms with van der Waals surface area (Å²) in [6.07, 6.45) is 0.179. The molecule has 0 saturated heterocycles. The van der Waals surface area contributed by atoms with E-state index in [4.69, 9.17) is 9.47 Å². The second kappa shape index (κ2) is 5.61. The molecule has 0 saturated carbocycles. The number of rotatable bonds is 5.